The Bertz CT molecular complexity index is 373. The van der Waals surface area contributed by atoms with Crippen LogP contribution in [0.4, 0.5) is 0 Å². The summed E-state index contributed by atoms with van der Waals surface area (Å²) in [5.74, 6) is 1.01. The average molecular weight is 346 g/mol. The van der Waals surface area contributed by atoms with Crippen molar-refractivity contribution in [3.05, 3.63) is 0 Å². The molecule has 0 radical (unpaired) electrons. The Labute approximate surface area is 146 Å². The number of piperidine rings is 1. The normalized spacial score (nSPS) is 24.1. The van der Waals surface area contributed by atoms with Gasteiger partial charge in [-0.25, -0.2) is 0 Å². The molecule has 0 aromatic heterocycles. The summed E-state index contributed by atoms with van der Waals surface area (Å²) in [6.45, 7) is 6.44. The van der Waals surface area contributed by atoms with Crippen LogP contribution in [0.3, 0.4) is 0 Å². The number of amides is 2. The zero-order valence-electron chi connectivity index (χ0n) is 14.3. The van der Waals surface area contributed by atoms with Gasteiger partial charge in [0.05, 0.1) is 5.92 Å². The molecule has 2 N–H and O–H groups in total. The SMILES string of the molecule is CCCCNC(=O)C1CCCN(C(=O)CCC2CCNC2)C1.Cl. The maximum atomic E-state index is 12.4. The molecule has 0 spiro atoms. The lowest BCUT2D eigenvalue weighted by Crippen LogP contribution is -2.45. The van der Waals surface area contributed by atoms with Crippen molar-refractivity contribution < 1.29 is 9.59 Å². The predicted octanol–water partition coefficient (Wildman–Crippen LogP) is 1.95. The van der Waals surface area contributed by atoms with Gasteiger partial charge in [-0.05, 0) is 51.1 Å². The van der Waals surface area contributed by atoms with Gasteiger partial charge < -0.3 is 15.5 Å². The van der Waals surface area contributed by atoms with E-state index >= 15 is 0 Å². The molecule has 2 atom stereocenters. The highest BCUT2D eigenvalue weighted by atomic mass is 35.5. The van der Waals surface area contributed by atoms with Crippen LogP contribution in [0, 0.1) is 11.8 Å². The number of hydrogen-bond donors (Lipinski definition) is 2. The zero-order chi connectivity index (χ0) is 15.8. The summed E-state index contributed by atoms with van der Waals surface area (Å²) in [5, 5.41) is 6.35. The first kappa shape index (κ1) is 20.2. The molecular weight excluding hydrogens is 314 g/mol. The molecule has 6 heteroatoms. The Morgan fingerprint density at radius 3 is 2.83 bits per heavy atom. The molecule has 0 aromatic carbocycles. The van der Waals surface area contributed by atoms with E-state index in [1.807, 2.05) is 4.90 Å². The largest absolute Gasteiger partial charge is 0.356 e. The van der Waals surface area contributed by atoms with Crippen molar-refractivity contribution in [3.63, 3.8) is 0 Å². The molecular formula is C17H32ClN3O2. The molecule has 2 saturated heterocycles. The fraction of sp³-hybridized carbons (Fsp3) is 0.882. The molecule has 2 unspecified atom stereocenters. The minimum atomic E-state index is -0.0114. The molecule has 0 aromatic rings. The van der Waals surface area contributed by atoms with Gasteiger partial charge in [0, 0.05) is 26.1 Å². The molecule has 2 aliphatic rings. The summed E-state index contributed by atoms with van der Waals surface area (Å²) in [4.78, 5) is 26.4. The van der Waals surface area contributed by atoms with Gasteiger partial charge in [0.2, 0.25) is 11.8 Å². The van der Waals surface area contributed by atoms with Crippen molar-refractivity contribution in [1.82, 2.24) is 15.5 Å². The quantitative estimate of drug-likeness (QED) is 0.693. The number of likely N-dealkylation sites (tertiary alicyclic amines) is 1. The number of unbranched alkanes of at least 4 members (excludes halogenated alkanes) is 1. The summed E-state index contributed by atoms with van der Waals surface area (Å²) in [6, 6.07) is 0. The van der Waals surface area contributed by atoms with Crippen LogP contribution in [0.1, 0.15) is 51.9 Å². The Balaban J connectivity index is 0.00000264. The Morgan fingerprint density at radius 1 is 1.30 bits per heavy atom. The van der Waals surface area contributed by atoms with Crippen LogP contribution < -0.4 is 10.6 Å². The maximum Gasteiger partial charge on any atom is 0.224 e. The first-order valence-corrected chi connectivity index (χ1v) is 8.97. The topological polar surface area (TPSA) is 61.4 Å². The first-order valence-electron chi connectivity index (χ1n) is 8.97. The van der Waals surface area contributed by atoms with Crippen molar-refractivity contribution in [3.8, 4) is 0 Å². The highest BCUT2D eigenvalue weighted by Crippen LogP contribution is 2.20. The molecule has 0 aliphatic carbocycles. The molecule has 5 nitrogen and oxygen atoms in total. The lowest BCUT2D eigenvalue weighted by molar-refractivity contribution is -0.135. The van der Waals surface area contributed by atoms with Crippen molar-refractivity contribution in [2.24, 2.45) is 11.8 Å². The smallest absolute Gasteiger partial charge is 0.224 e. The molecule has 0 saturated carbocycles. The molecule has 2 amide bonds. The standard InChI is InChI=1S/C17H31N3O2.ClH/c1-2-3-9-19-17(22)15-5-4-11-20(13-15)16(21)7-6-14-8-10-18-12-14;/h14-15,18H,2-13H2,1H3,(H,19,22);1H. The van der Waals surface area contributed by atoms with Crippen LogP contribution in [0.25, 0.3) is 0 Å². The van der Waals surface area contributed by atoms with Gasteiger partial charge in [-0.1, -0.05) is 13.3 Å². The second-order valence-corrected chi connectivity index (χ2v) is 6.72. The minimum Gasteiger partial charge on any atom is -0.356 e. The van der Waals surface area contributed by atoms with E-state index in [9.17, 15) is 9.59 Å². The van der Waals surface area contributed by atoms with Gasteiger partial charge in [-0.15, -0.1) is 12.4 Å². The van der Waals surface area contributed by atoms with Gasteiger partial charge in [0.1, 0.15) is 0 Å². The second-order valence-electron chi connectivity index (χ2n) is 6.72. The van der Waals surface area contributed by atoms with Crippen LogP contribution in [0.5, 0.6) is 0 Å². The monoisotopic (exact) mass is 345 g/mol. The van der Waals surface area contributed by atoms with Gasteiger partial charge in [0.15, 0.2) is 0 Å². The van der Waals surface area contributed by atoms with Crippen molar-refractivity contribution in [1.29, 1.82) is 0 Å². The molecule has 2 aliphatic heterocycles. The van der Waals surface area contributed by atoms with E-state index in [0.717, 1.165) is 58.3 Å². The number of nitrogens with zero attached hydrogens (tertiary/aromatic N) is 1. The van der Waals surface area contributed by atoms with Gasteiger partial charge in [-0.2, -0.15) is 0 Å². The van der Waals surface area contributed by atoms with E-state index in [0.29, 0.717) is 18.9 Å². The third kappa shape index (κ3) is 6.68. The number of hydrogen-bond acceptors (Lipinski definition) is 3. The van der Waals surface area contributed by atoms with E-state index in [2.05, 4.69) is 17.6 Å². The lowest BCUT2D eigenvalue weighted by Gasteiger charge is -2.32. The summed E-state index contributed by atoms with van der Waals surface area (Å²) < 4.78 is 0. The second kappa shape index (κ2) is 10.9. The molecule has 2 fully saturated rings. The lowest BCUT2D eigenvalue weighted by atomic mass is 9.96. The molecule has 2 rings (SSSR count). The van der Waals surface area contributed by atoms with Crippen LogP contribution in [-0.4, -0.2) is 49.4 Å². The molecule has 0 bridgehead atoms. The first-order chi connectivity index (χ1) is 10.7. The van der Waals surface area contributed by atoms with Gasteiger partial charge in [-0.3, -0.25) is 9.59 Å². The third-order valence-corrected chi connectivity index (χ3v) is 4.90. The summed E-state index contributed by atoms with van der Waals surface area (Å²) in [5.41, 5.74) is 0. The van der Waals surface area contributed by atoms with Crippen molar-refractivity contribution in [2.45, 2.75) is 51.9 Å². The number of carbonyl (C=O) groups is 2. The molecule has 2 heterocycles. The van der Waals surface area contributed by atoms with E-state index in [1.165, 1.54) is 6.42 Å². The molecule has 23 heavy (non-hydrogen) atoms. The fourth-order valence-electron chi connectivity index (χ4n) is 3.40. The van der Waals surface area contributed by atoms with Crippen LogP contribution in [0.15, 0.2) is 0 Å². The summed E-state index contributed by atoms with van der Waals surface area (Å²) in [6.07, 6.45) is 6.78. The van der Waals surface area contributed by atoms with Crippen molar-refractivity contribution in [2.75, 3.05) is 32.7 Å². The van der Waals surface area contributed by atoms with Gasteiger partial charge in [0.25, 0.3) is 0 Å². The van der Waals surface area contributed by atoms with Crippen molar-refractivity contribution >= 4 is 24.2 Å². The Kier molecular flexibility index (Phi) is 9.56. The third-order valence-electron chi connectivity index (χ3n) is 4.90. The van der Waals surface area contributed by atoms with E-state index in [-0.39, 0.29) is 30.1 Å². The van der Waals surface area contributed by atoms with Crippen LogP contribution >= 0.6 is 12.4 Å². The van der Waals surface area contributed by atoms with Crippen LogP contribution in [-0.2, 0) is 9.59 Å². The number of halogens is 1. The minimum absolute atomic E-state index is 0. The Morgan fingerprint density at radius 2 is 2.13 bits per heavy atom. The van der Waals surface area contributed by atoms with Crippen LogP contribution in [0.2, 0.25) is 0 Å². The van der Waals surface area contributed by atoms with E-state index in [4.69, 9.17) is 0 Å². The highest BCUT2D eigenvalue weighted by Gasteiger charge is 2.28. The van der Waals surface area contributed by atoms with E-state index < -0.39 is 0 Å². The highest BCUT2D eigenvalue weighted by molar-refractivity contribution is 5.85. The van der Waals surface area contributed by atoms with Gasteiger partial charge >= 0.3 is 0 Å². The molecule has 134 valence electrons. The summed E-state index contributed by atoms with van der Waals surface area (Å²) >= 11 is 0. The fourth-order valence-corrected chi connectivity index (χ4v) is 3.40. The summed E-state index contributed by atoms with van der Waals surface area (Å²) in [7, 11) is 0. The maximum absolute atomic E-state index is 12.4. The zero-order valence-corrected chi connectivity index (χ0v) is 15.1. The predicted molar refractivity (Wildman–Crippen MR) is 94.7 cm³/mol. The Hall–Kier alpha value is -0.810. The number of carbonyl (C=O) groups excluding carboxylic acids is 2. The number of nitrogens with one attached hydrogen (secondary N) is 2. The average Bonchev–Trinajstić information content (AvgIpc) is 3.06. The number of rotatable bonds is 7. The van der Waals surface area contributed by atoms with E-state index in [1.54, 1.807) is 0 Å².